The number of hydrogen-bond acceptors (Lipinski definition) is 3. The summed E-state index contributed by atoms with van der Waals surface area (Å²) < 4.78 is 0. The van der Waals surface area contributed by atoms with E-state index in [2.05, 4.69) is 19.9 Å². The Kier molecular flexibility index (Phi) is 6.59. The summed E-state index contributed by atoms with van der Waals surface area (Å²) in [6.07, 6.45) is 14.9. The molecule has 4 rings (SSSR count). The van der Waals surface area contributed by atoms with Gasteiger partial charge in [0.05, 0.1) is 24.2 Å². The van der Waals surface area contributed by atoms with Gasteiger partial charge < -0.3 is 10.2 Å². The highest BCUT2D eigenvalue weighted by atomic mass is 16.3. The van der Waals surface area contributed by atoms with Crippen LogP contribution in [0.2, 0.25) is 0 Å². The molecule has 0 radical (unpaired) electrons. The van der Waals surface area contributed by atoms with Gasteiger partial charge in [-0.25, -0.2) is 0 Å². The van der Waals surface area contributed by atoms with E-state index in [4.69, 9.17) is 0 Å². The molecule has 10 atom stereocenters. The monoisotopic (exact) mass is 415 g/mol. The summed E-state index contributed by atoms with van der Waals surface area (Å²) in [5.41, 5.74) is 0.959. The molecule has 0 aliphatic heterocycles. The van der Waals surface area contributed by atoms with Crippen LogP contribution in [0.25, 0.3) is 0 Å². The molecule has 0 aromatic rings. The van der Waals surface area contributed by atoms with Gasteiger partial charge in [0.2, 0.25) is 0 Å². The first-order chi connectivity index (χ1) is 14.3. The minimum atomic E-state index is -0.447. The number of hydrogen-bond donors (Lipinski definition) is 2. The zero-order chi connectivity index (χ0) is 21.5. The molecule has 0 heterocycles. The Hall–Kier alpha value is -0.590. The fourth-order valence-corrected chi connectivity index (χ4v) is 9.04. The van der Waals surface area contributed by atoms with E-state index in [1.54, 1.807) is 0 Å². The Morgan fingerprint density at radius 1 is 1.00 bits per heavy atom. The molecule has 0 aromatic carbocycles. The maximum absolute atomic E-state index is 10.4. The summed E-state index contributed by atoms with van der Waals surface area (Å²) in [6.45, 7) is 7.18. The molecule has 4 aliphatic rings. The van der Waals surface area contributed by atoms with Crippen LogP contribution in [-0.2, 0) is 0 Å². The van der Waals surface area contributed by atoms with Crippen molar-refractivity contribution in [3.63, 3.8) is 0 Å². The number of fused-ring (bicyclic) bond motifs is 5. The predicted molar refractivity (Wildman–Crippen MR) is 120 cm³/mol. The van der Waals surface area contributed by atoms with Crippen LogP contribution in [0.4, 0.5) is 0 Å². The summed E-state index contributed by atoms with van der Waals surface area (Å²) in [6, 6.07) is 2.28. The second kappa shape index (κ2) is 8.74. The Labute approximate surface area is 184 Å². The smallest absolute Gasteiger partial charge is 0.0720 e. The minimum Gasteiger partial charge on any atom is -0.393 e. The van der Waals surface area contributed by atoms with Gasteiger partial charge in [-0.1, -0.05) is 27.2 Å². The first-order valence-electron chi connectivity index (χ1n) is 13.1. The zero-order valence-electron chi connectivity index (χ0n) is 19.7. The fourth-order valence-electron chi connectivity index (χ4n) is 9.04. The molecule has 0 spiro atoms. The lowest BCUT2D eigenvalue weighted by molar-refractivity contribution is -0.127. The van der Waals surface area contributed by atoms with Gasteiger partial charge >= 0.3 is 0 Å². The average Bonchev–Trinajstić information content (AvgIpc) is 3.06. The second-order valence-corrected chi connectivity index (χ2v) is 12.0. The van der Waals surface area contributed by atoms with Crippen molar-refractivity contribution in [2.24, 2.45) is 46.3 Å². The van der Waals surface area contributed by atoms with Crippen LogP contribution >= 0.6 is 0 Å². The molecule has 170 valence electrons. The Bertz CT molecular complexity index is 643. The third-order valence-corrected chi connectivity index (χ3v) is 11.0. The van der Waals surface area contributed by atoms with E-state index >= 15 is 0 Å². The highest BCUT2D eigenvalue weighted by Crippen LogP contribution is 2.67. The first kappa shape index (κ1) is 22.6. The molecule has 10 unspecified atom stereocenters. The molecule has 3 nitrogen and oxygen atoms in total. The van der Waals surface area contributed by atoms with Crippen LogP contribution in [0.1, 0.15) is 104 Å². The van der Waals surface area contributed by atoms with Gasteiger partial charge in [0, 0.05) is 0 Å². The topological polar surface area (TPSA) is 64.2 Å². The molecule has 0 bridgehead atoms. The third-order valence-electron chi connectivity index (χ3n) is 11.0. The lowest BCUT2D eigenvalue weighted by Gasteiger charge is -2.61. The van der Waals surface area contributed by atoms with Crippen LogP contribution < -0.4 is 0 Å². The van der Waals surface area contributed by atoms with Gasteiger partial charge in [0.1, 0.15) is 0 Å². The van der Waals surface area contributed by atoms with E-state index in [1.165, 1.54) is 51.4 Å². The Morgan fingerprint density at radius 2 is 1.73 bits per heavy atom. The van der Waals surface area contributed by atoms with E-state index in [9.17, 15) is 15.5 Å². The molecular formula is C27H45NO2. The molecule has 0 saturated heterocycles. The molecule has 3 heteroatoms. The third kappa shape index (κ3) is 3.75. The Balaban J connectivity index is 1.39. The second-order valence-electron chi connectivity index (χ2n) is 12.0. The summed E-state index contributed by atoms with van der Waals surface area (Å²) >= 11 is 0. The van der Waals surface area contributed by atoms with Gasteiger partial charge in [-0.3, -0.25) is 0 Å². The standard InChI is InChI=1S/C27H45NO2/c1-4-18(17-28)25(30)7-5-6-19-9-11-23-22-10-8-20-16-21(29)12-14-27(20,3)24(22)13-15-26(19,23)2/h18-25,29-30H,4-16H2,1-3H3. The summed E-state index contributed by atoms with van der Waals surface area (Å²) in [5, 5.41) is 29.8. The maximum Gasteiger partial charge on any atom is 0.0720 e. The lowest BCUT2D eigenvalue weighted by atomic mass is 9.44. The molecule has 4 aliphatic carbocycles. The van der Waals surface area contributed by atoms with Crippen LogP contribution in [0.15, 0.2) is 0 Å². The van der Waals surface area contributed by atoms with Crippen molar-refractivity contribution >= 4 is 0 Å². The van der Waals surface area contributed by atoms with Gasteiger partial charge in [-0.05, 0) is 117 Å². The molecule has 0 aromatic heterocycles. The van der Waals surface area contributed by atoms with E-state index in [0.717, 1.165) is 61.7 Å². The number of nitriles is 1. The van der Waals surface area contributed by atoms with Crippen molar-refractivity contribution < 1.29 is 10.2 Å². The van der Waals surface area contributed by atoms with Crippen molar-refractivity contribution in [1.82, 2.24) is 0 Å². The summed E-state index contributed by atoms with van der Waals surface area (Å²) in [7, 11) is 0. The van der Waals surface area contributed by atoms with Crippen LogP contribution in [0.5, 0.6) is 0 Å². The molecule has 4 fully saturated rings. The van der Waals surface area contributed by atoms with Crippen LogP contribution in [0, 0.1) is 57.7 Å². The SMILES string of the molecule is CCC(C#N)C(O)CCCC1CCC2C3CCC4CC(O)CCC4(C)C3CCC12C. The van der Waals surface area contributed by atoms with Crippen molar-refractivity contribution in [3.05, 3.63) is 0 Å². The number of nitrogens with zero attached hydrogens (tertiary/aromatic N) is 1. The molecule has 30 heavy (non-hydrogen) atoms. The highest BCUT2D eigenvalue weighted by molar-refractivity contribution is 5.09. The minimum absolute atomic E-state index is 0.0481. The maximum atomic E-state index is 10.4. The van der Waals surface area contributed by atoms with Gasteiger partial charge in [-0.2, -0.15) is 5.26 Å². The van der Waals surface area contributed by atoms with Crippen molar-refractivity contribution in [2.45, 2.75) is 116 Å². The highest BCUT2D eigenvalue weighted by Gasteiger charge is 2.59. The fraction of sp³-hybridized carbons (Fsp3) is 0.963. The number of aliphatic hydroxyl groups excluding tert-OH is 2. The first-order valence-corrected chi connectivity index (χ1v) is 13.1. The molecular weight excluding hydrogens is 370 g/mol. The van der Waals surface area contributed by atoms with Crippen molar-refractivity contribution in [3.8, 4) is 6.07 Å². The quantitative estimate of drug-likeness (QED) is 0.552. The molecule has 0 amide bonds. The van der Waals surface area contributed by atoms with Crippen LogP contribution in [-0.4, -0.2) is 22.4 Å². The molecule has 2 N–H and O–H groups in total. The van der Waals surface area contributed by atoms with Gasteiger partial charge in [0.15, 0.2) is 0 Å². The van der Waals surface area contributed by atoms with Gasteiger partial charge in [0.25, 0.3) is 0 Å². The number of aliphatic hydroxyl groups is 2. The van der Waals surface area contributed by atoms with E-state index in [0.29, 0.717) is 10.8 Å². The van der Waals surface area contributed by atoms with E-state index in [-0.39, 0.29) is 12.0 Å². The van der Waals surface area contributed by atoms with E-state index < -0.39 is 6.10 Å². The van der Waals surface area contributed by atoms with Gasteiger partial charge in [-0.15, -0.1) is 0 Å². The number of rotatable bonds is 6. The lowest BCUT2D eigenvalue weighted by Crippen LogP contribution is -2.53. The zero-order valence-corrected chi connectivity index (χ0v) is 19.7. The van der Waals surface area contributed by atoms with Crippen molar-refractivity contribution in [1.29, 1.82) is 5.26 Å². The van der Waals surface area contributed by atoms with E-state index in [1.807, 2.05) is 6.92 Å². The average molecular weight is 416 g/mol. The van der Waals surface area contributed by atoms with Crippen molar-refractivity contribution in [2.75, 3.05) is 0 Å². The normalized spacial score (nSPS) is 47.5. The largest absolute Gasteiger partial charge is 0.393 e. The summed E-state index contributed by atoms with van der Waals surface area (Å²) in [4.78, 5) is 0. The Morgan fingerprint density at radius 3 is 2.47 bits per heavy atom. The molecule has 4 saturated carbocycles. The van der Waals surface area contributed by atoms with Crippen LogP contribution in [0.3, 0.4) is 0 Å². The summed E-state index contributed by atoms with van der Waals surface area (Å²) in [5.74, 6) is 4.02. The predicted octanol–water partition coefficient (Wildman–Crippen LogP) is 6.09.